The number of nitrogens with zero attached hydrogens (tertiary/aromatic N) is 1. The number of benzene rings is 2. The zero-order valence-corrected chi connectivity index (χ0v) is 12.8. The van der Waals surface area contributed by atoms with E-state index in [9.17, 15) is 9.59 Å². The molecule has 0 fully saturated rings. The zero-order valence-electron chi connectivity index (χ0n) is 12.8. The molecule has 22 heavy (non-hydrogen) atoms. The Morgan fingerprint density at radius 1 is 1.05 bits per heavy atom. The van der Waals surface area contributed by atoms with Gasteiger partial charge in [0, 0.05) is 11.6 Å². The van der Waals surface area contributed by atoms with Gasteiger partial charge in [-0.2, -0.15) is 0 Å². The fourth-order valence-electron chi connectivity index (χ4n) is 3.12. The van der Waals surface area contributed by atoms with E-state index in [-0.39, 0.29) is 17.7 Å². The lowest BCUT2D eigenvalue weighted by Crippen LogP contribution is -2.47. The second kappa shape index (κ2) is 5.76. The topological polar surface area (TPSA) is 37.4 Å². The third kappa shape index (κ3) is 2.43. The molecule has 3 rings (SSSR count). The zero-order chi connectivity index (χ0) is 15.7. The molecule has 0 aliphatic carbocycles. The number of hydrogen-bond acceptors (Lipinski definition) is 2. The van der Waals surface area contributed by atoms with Crippen molar-refractivity contribution < 1.29 is 9.59 Å². The highest BCUT2D eigenvalue weighted by Crippen LogP contribution is 2.34. The van der Waals surface area contributed by atoms with Gasteiger partial charge in [0.15, 0.2) is 5.78 Å². The van der Waals surface area contributed by atoms with Gasteiger partial charge in [-0.3, -0.25) is 9.59 Å². The van der Waals surface area contributed by atoms with Gasteiger partial charge in [-0.15, -0.1) is 0 Å². The monoisotopic (exact) mass is 293 g/mol. The van der Waals surface area contributed by atoms with Crippen LogP contribution in [0.5, 0.6) is 0 Å². The molecule has 1 heterocycles. The molecular formula is C19H19NO2. The van der Waals surface area contributed by atoms with E-state index in [1.54, 1.807) is 4.90 Å². The molecule has 1 atom stereocenters. The fourth-order valence-corrected chi connectivity index (χ4v) is 3.12. The summed E-state index contributed by atoms with van der Waals surface area (Å²) in [7, 11) is 0. The van der Waals surface area contributed by atoms with Crippen molar-refractivity contribution in [2.24, 2.45) is 0 Å². The lowest BCUT2D eigenvalue weighted by atomic mass is 9.86. The average Bonchev–Trinajstić information content (AvgIpc) is 2.53. The van der Waals surface area contributed by atoms with Crippen molar-refractivity contribution in [1.29, 1.82) is 0 Å². The first-order valence-electron chi connectivity index (χ1n) is 7.58. The standard InChI is InChI=1S/C19H19NO2/c1-13(2)20-17(21)12-15-10-6-7-11-16(15)18(20)19(22)14-8-4-3-5-9-14/h3-11,13,18H,12H2,1-2H3. The molecule has 0 bridgehead atoms. The molecule has 0 radical (unpaired) electrons. The highest BCUT2D eigenvalue weighted by Gasteiger charge is 2.38. The number of carbonyl (C=O) groups excluding carboxylic acids is 2. The number of Topliss-reactive ketones (excluding diaryl/α,β-unsaturated/α-hetero) is 1. The number of amides is 1. The summed E-state index contributed by atoms with van der Waals surface area (Å²) >= 11 is 0. The summed E-state index contributed by atoms with van der Waals surface area (Å²) < 4.78 is 0. The predicted molar refractivity (Wildman–Crippen MR) is 85.6 cm³/mol. The second-order valence-corrected chi connectivity index (χ2v) is 5.90. The van der Waals surface area contributed by atoms with Crippen molar-refractivity contribution in [2.45, 2.75) is 32.4 Å². The average molecular weight is 293 g/mol. The summed E-state index contributed by atoms with van der Waals surface area (Å²) in [6.45, 7) is 3.91. The second-order valence-electron chi connectivity index (χ2n) is 5.90. The molecule has 0 saturated heterocycles. The van der Waals surface area contributed by atoms with Crippen LogP contribution >= 0.6 is 0 Å². The number of ketones is 1. The molecule has 3 nitrogen and oxygen atoms in total. The minimum absolute atomic E-state index is 0.0153. The van der Waals surface area contributed by atoms with E-state index in [1.165, 1.54) is 0 Å². The molecule has 2 aromatic rings. The quantitative estimate of drug-likeness (QED) is 0.813. The van der Waals surface area contributed by atoms with Crippen LogP contribution in [-0.4, -0.2) is 22.6 Å². The fraction of sp³-hybridized carbons (Fsp3) is 0.263. The molecule has 1 aliphatic rings. The van der Waals surface area contributed by atoms with Crippen LogP contribution in [0.15, 0.2) is 54.6 Å². The minimum Gasteiger partial charge on any atom is -0.325 e. The highest BCUT2D eigenvalue weighted by molar-refractivity contribution is 6.04. The minimum atomic E-state index is -0.528. The first-order valence-corrected chi connectivity index (χ1v) is 7.58. The molecule has 1 unspecified atom stereocenters. The smallest absolute Gasteiger partial charge is 0.228 e. The first kappa shape index (κ1) is 14.5. The Balaban J connectivity index is 2.12. The summed E-state index contributed by atoms with van der Waals surface area (Å²) in [4.78, 5) is 27.3. The molecular weight excluding hydrogens is 274 g/mol. The Hall–Kier alpha value is -2.42. The van der Waals surface area contributed by atoms with E-state index in [1.807, 2.05) is 68.4 Å². The maximum absolute atomic E-state index is 13.0. The Morgan fingerprint density at radius 2 is 1.68 bits per heavy atom. The summed E-state index contributed by atoms with van der Waals surface area (Å²) in [6, 6.07) is 16.4. The number of fused-ring (bicyclic) bond motifs is 1. The van der Waals surface area contributed by atoms with E-state index < -0.39 is 6.04 Å². The largest absolute Gasteiger partial charge is 0.325 e. The highest BCUT2D eigenvalue weighted by atomic mass is 16.2. The van der Waals surface area contributed by atoms with Crippen LogP contribution in [0.2, 0.25) is 0 Å². The number of rotatable bonds is 3. The van der Waals surface area contributed by atoms with Gasteiger partial charge in [0.2, 0.25) is 5.91 Å². The Bertz CT molecular complexity index is 706. The van der Waals surface area contributed by atoms with Crippen LogP contribution in [0.25, 0.3) is 0 Å². The van der Waals surface area contributed by atoms with Crippen LogP contribution in [0, 0.1) is 0 Å². The molecule has 0 saturated carbocycles. The SMILES string of the molecule is CC(C)N1C(=O)Cc2ccccc2C1C(=O)c1ccccc1. The molecule has 1 aliphatic heterocycles. The maximum atomic E-state index is 13.0. The van der Waals surface area contributed by atoms with Gasteiger partial charge in [-0.1, -0.05) is 54.6 Å². The molecule has 0 N–H and O–H groups in total. The summed E-state index contributed by atoms with van der Waals surface area (Å²) in [6.07, 6.45) is 0.368. The van der Waals surface area contributed by atoms with E-state index in [0.717, 1.165) is 11.1 Å². The normalized spacial score (nSPS) is 17.5. The Labute approximate surface area is 130 Å². The van der Waals surface area contributed by atoms with Gasteiger partial charge in [0.25, 0.3) is 0 Å². The predicted octanol–water partition coefficient (Wildman–Crippen LogP) is 3.40. The van der Waals surface area contributed by atoms with Crippen molar-refractivity contribution in [3.05, 3.63) is 71.3 Å². The van der Waals surface area contributed by atoms with Crippen LogP contribution < -0.4 is 0 Å². The molecule has 0 spiro atoms. The molecule has 2 aromatic carbocycles. The van der Waals surface area contributed by atoms with E-state index in [0.29, 0.717) is 12.0 Å². The lowest BCUT2D eigenvalue weighted by Gasteiger charge is -2.39. The maximum Gasteiger partial charge on any atom is 0.228 e. The van der Waals surface area contributed by atoms with E-state index >= 15 is 0 Å². The number of hydrogen-bond donors (Lipinski definition) is 0. The van der Waals surface area contributed by atoms with Crippen molar-refractivity contribution in [3.8, 4) is 0 Å². The van der Waals surface area contributed by atoms with Crippen molar-refractivity contribution in [3.63, 3.8) is 0 Å². The Kier molecular flexibility index (Phi) is 3.80. The van der Waals surface area contributed by atoms with Gasteiger partial charge in [0.05, 0.1) is 6.42 Å². The third-order valence-electron chi connectivity index (χ3n) is 4.12. The summed E-state index contributed by atoms with van der Waals surface area (Å²) in [5, 5.41) is 0. The molecule has 3 heteroatoms. The summed E-state index contributed by atoms with van der Waals surface area (Å²) in [5.41, 5.74) is 2.55. The van der Waals surface area contributed by atoms with Gasteiger partial charge < -0.3 is 4.90 Å². The van der Waals surface area contributed by atoms with E-state index in [2.05, 4.69) is 0 Å². The molecule has 1 amide bonds. The van der Waals surface area contributed by atoms with Crippen LogP contribution in [0.3, 0.4) is 0 Å². The first-order chi connectivity index (χ1) is 10.6. The van der Waals surface area contributed by atoms with Gasteiger partial charge in [-0.25, -0.2) is 0 Å². The van der Waals surface area contributed by atoms with Gasteiger partial charge in [-0.05, 0) is 25.0 Å². The molecule has 0 aromatic heterocycles. The number of carbonyl (C=O) groups is 2. The van der Waals surface area contributed by atoms with Crippen molar-refractivity contribution in [2.75, 3.05) is 0 Å². The van der Waals surface area contributed by atoms with Gasteiger partial charge >= 0.3 is 0 Å². The third-order valence-corrected chi connectivity index (χ3v) is 4.12. The van der Waals surface area contributed by atoms with Crippen molar-refractivity contribution in [1.82, 2.24) is 4.90 Å². The van der Waals surface area contributed by atoms with Crippen LogP contribution in [0.1, 0.15) is 41.4 Å². The van der Waals surface area contributed by atoms with Crippen LogP contribution in [0.4, 0.5) is 0 Å². The summed E-state index contributed by atoms with van der Waals surface area (Å²) in [5.74, 6) is -0.00205. The van der Waals surface area contributed by atoms with Gasteiger partial charge in [0.1, 0.15) is 6.04 Å². The Morgan fingerprint density at radius 3 is 2.36 bits per heavy atom. The molecule has 112 valence electrons. The van der Waals surface area contributed by atoms with E-state index in [4.69, 9.17) is 0 Å². The lowest BCUT2D eigenvalue weighted by molar-refractivity contribution is -0.135. The van der Waals surface area contributed by atoms with Crippen molar-refractivity contribution >= 4 is 11.7 Å². The van der Waals surface area contributed by atoms with Crippen LogP contribution in [-0.2, 0) is 11.2 Å².